The molecule has 1 aliphatic heterocycles. The van der Waals surface area contributed by atoms with Gasteiger partial charge < -0.3 is 19.8 Å². The molecule has 0 aliphatic carbocycles. The van der Waals surface area contributed by atoms with Crippen molar-refractivity contribution in [3.05, 3.63) is 64.3 Å². The summed E-state index contributed by atoms with van der Waals surface area (Å²) in [5.74, 6) is 0.758. The van der Waals surface area contributed by atoms with Gasteiger partial charge in [-0.2, -0.15) is 5.10 Å². The number of rotatable bonds is 10. The molecule has 0 fully saturated rings. The van der Waals surface area contributed by atoms with E-state index in [2.05, 4.69) is 17.1 Å². The molecule has 0 saturated heterocycles. The highest BCUT2D eigenvalue weighted by Gasteiger charge is 2.42. The van der Waals surface area contributed by atoms with Gasteiger partial charge in [0.2, 0.25) is 0 Å². The first-order valence-corrected chi connectivity index (χ1v) is 12.0. The monoisotopic (exact) mass is 463 g/mol. The van der Waals surface area contributed by atoms with E-state index in [1.54, 1.807) is 4.90 Å². The molecule has 3 aromatic rings. The summed E-state index contributed by atoms with van der Waals surface area (Å²) in [4.78, 5) is 15.1. The highest BCUT2D eigenvalue weighted by atomic mass is 16.5. The van der Waals surface area contributed by atoms with Crippen LogP contribution in [-0.4, -0.2) is 51.0 Å². The van der Waals surface area contributed by atoms with E-state index in [0.717, 1.165) is 47.3 Å². The molecular formula is C27H33N3O4. The molecule has 4 rings (SSSR count). The second-order valence-electron chi connectivity index (χ2n) is 8.95. The van der Waals surface area contributed by atoms with E-state index in [9.17, 15) is 15.0 Å². The first-order valence-electron chi connectivity index (χ1n) is 12.0. The Bertz CT molecular complexity index is 1170. The van der Waals surface area contributed by atoms with Crippen LogP contribution in [0.4, 0.5) is 0 Å². The fraction of sp³-hybridized carbons (Fsp3) is 0.407. The molecule has 1 amide bonds. The molecule has 1 aliphatic rings. The molecule has 0 spiro atoms. The highest BCUT2D eigenvalue weighted by molar-refractivity contribution is 6.00. The maximum atomic E-state index is 13.4. The number of fused-ring (bicyclic) bond motifs is 1. The number of aromatic hydroxyl groups is 1. The number of aliphatic hydroxyl groups excluding tert-OH is 1. The molecule has 34 heavy (non-hydrogen) atoms. The Morgan fingerprint density at radius 2 is 1.97 bits per heavy atom. The van der Waals surface area contributed by atoms with Crippen molar-refractivity contribution in [3.63, 3.8) is 0 Å². The molecule has 0 bridgehead atoms. The predicted molar refractivity (Wildman–Crippen MR) is 131 cm³/mol. The summed E-state index contributed by atoms with van der Waals surface area (Å²) < 4.78 is 5.98. The Kier molecular flexibility index (Phi) is 7.22. The molecule has 2 heterocycles. The minimum absolute atomic E-state index is 0.00597. The largest absolute Gasteiger partial charge is 0.507 e. The Labute approximate surface area is 200 Å². The number of carbonyl (C=O) groups is 1. The summed E-state index contributed by atoms with van der Waals surface area (Å²) in [6.07, 6.45) is 3.71. The summed E-state index contributed by atoms with van der Waals surface area (Å²) in [6, 6.07) is 11.2. The number of amides is 1. The zero-order valence-electron chi connectivity index (χ0n) is 20.1. The van der Waals surface area contributed by atoms with Crippen LogP contribution < -0.4 is 4.74 Å². The normalized spacial score (nSPS) is 15.1. The summed E-state index contributed by atoms with van der Waals surface area (Å²) in [5, 5.41) is 27.7. The number of nitrogens with zero attached hydrogens (tertiary/aromatic N) is 2. The number of aromatic nitrogens is 2. The SMILES string of the molecule is CCCCCOc1cccc(C2c3c(-c4cc(C)cc(C)c4O)n[nH]c3C(=O)N2CCCO)c1. The lowest BCUT2D eigenvalue weighted by atomic mass is 9.94. The Morgan fingerprint density at radius 1 is 1.15 bits per heavy atom. The predicted octanol–water partition coefficient (Wildman–Crippen LogP) is 4.90. The topological polar surface area (TPSA) is 98.7 Å². The summed E-state index contributed by atoms with van der Waals surface area (Å²) >= 11 is 0. The van der Waals surface area contributed by atoms with E-state index in [1.165, 1.54) is 0 Å². The number of benzene rings is 2. The van der Waals surface area contributed by atoms with Crippen molar-refractivity contribution in [1.29, 1.82) is 0 Å². The number of phenols is 1. The van der Waals surface area contributed by atoms with Gasteiger partial charge in [-0.15, -0.1) is 0 Å². The van der Waals surface area contributed by atoms with Crippen LogP contribution in [0.1, 0.15) is 71.4 Å². The standard InChI is InChI=1S/C27H33N3O4/c1-4-5-6-13-34-20-10-7-9-19(16-20)25-22-23(21-15-17(2)14-18(3)26(21)32)28-29-24(22)27(33)30(25)11-8-12-31/h7,9-10,14-16,25,31-32H,4-6,8,11-13H2,1-3H3,(H,28,29). The molecule has 180 valence electrons. The van der Waals surface area contributed by atoms with E-state index in [4.69, 9.17) is 4.74 Å². The van der Waals surface area contributed by atoms with Gasteiger partial charge in [0.15, 0.2) is 0 Å². The third-order valence-electron chi connectivity index (χ3n) is 6.31. The number of aliphatic hydroxyl groups is 1. The zero-order valence-corrected chi connectivity index (χ0v) is 20.1. The van der Waals surface area contributed by atoms with Crippen molar-refractivity contribution in [2.75, 3.05) is 19.8 Å². The maximum absolute atomic E-state index is 13.4. The van der Waals surface area contributed by atoms with Crippen molar-refractivity contribution in [3.8, 4) is 22.8 Å². The first kappa shape index (κ1) is 23.8. The molecular weight excluding hydrogens is 430 g/mol. The highest BCUT2D eigenvalue weighted by Crippen LogP contribution is 2.45. The third-order valence-corrected chi connectivity index (χ3v) is 6.31. The zero-order chi connectivity index (χ0) is 24.2. The van der Waals surface area contributed by atoms with E-state index >= 15 is 0 Å². The maximum Gasteiger partial charge on any atom is 0.273 e. The van der Waals surface area contributed by atoms with E-state index in [-0.39, 0.29) is 18.3 Å². The fourth-order valence-corrected chi connectivity index (χ4v) is 4.68. The van der Waals surface area contributed by atoms with Gasteiger partial charge in [0.05, 0.1) is 12.6 Å². The number of H-pyrrole nitrogens is 1. The minimum Gasteiger partial charge on any atom is -0.507 e. The summed E-state index contributed by atoms with van der Waals surface area (Å²) in [6.45, 7) is 7.03. The van der Waals surface area contributed by atoms with Crippen LogP contribution in [0.2, 0.25) is 0 Å². The smallest absolute Gasteiger partial charge is 0.273 e. The van der Waals surface area contributed by atoms with Gasteiger partial charge in [0.25, 0.3) is 5.91 Å². The average molecular weight is 464 g/mol. The second kappa shape index (κ2) is 10.3. The molecule has 1 aromatic heterocycles. The van der Waals surface area contributed by atoms with Crippen molar-refractivity contribution < 1.29 is 19.7 Å². The molecule has 7 nitrogen and oxygen atoms in total. The summed E-state index contributed by atoms with van der Waals surface area (Å²) in [5.41, 5.74) is 5.00. The van der Waals surface area contributed by atoms with Gasteiger partial charge in [-0.05, 0) is 61.6 Å². The van der Waals surface area contributed by atoms with Gasteiger partial charge in [-0.25, -0.2) is 0 Å². The number of phenolic OH excluding ortho intramolecular Hbond substituents is 1. The Morgan fingerprint density at radius 3 is 2.74 bits per heavy atom. The molecule has 0 saturated carbocycles. The van der Waals surface area contributed by atoms with Crippen LogP contribution in [0.25, 0.3) is 11.3 Å². The number of hydrogen-bond donors (Lipinski definition) is 3. The van der Waals surface area contributed by atoms with Gasteiger partial charge >= 0.3 is 0 Å². The van der Waals surface area contributed by atoms with Crippen molar-refractivity contribution in [2.24, 2.45) is 0 Å². The Hall–Kier alpha value is -3.32. The molecule has 0 radical (unpaired) electrons. The van der Waals surface area contributed by atoms with E-state index < -0.39 is 6.04 Å². The molecule has 1 atom stereocenters. The lowest BCUT2D eigenvalue weighted by molar-refractivity contribution is 0.0732. The minimum atomic E-state index is -0.401. The van der Waals surface area contributed by atoms with Crippen molar-refractivity contribution in [1.82, 2.24) is 15.1 Å². The Balaban J connectivity index is 1.78. The quantitative estimate of drug-likeness (QED) is 0.372. The summed E-state index contributed by atoms with van der Waals surface area (Å²) in [7, 11) is 0. The number of aromatic amines is 1. The first-order chi connectivity index (χ1) is 16.5. The van der Waals surface area contributed by atoms with Crippen LogP contribution in [0.5, 0.6) is 11.5 Å². The van der Waals surface area contributed by atoms with E-state index in [0.29, 0.717) is 36.5 Å². The number of ether oxygens (including phenoxy) is 1. The van der Waals surface area contributed by atoms with Crippen LogP contribution in [0, 0.1) is 13.8 Å². The van der Waals surface area contributed by atoms with Gasteiger partial charge in [-0.3, -0.25) is 9.89 Å². The van der Waals surface area contributed by atoms with Crippen LogP contribution >= 0.6 is 0 Å². The molecule has 7 heteroatoms. The van der Waals surface area contributed by atoms with Crippen LogP contribution in [0.15, 0.2) is 36.4 Å². The number of nitrogens with one attached hydrogen (secondary N) is 1. The van der Waals surface area contributed by atoms with Gasteiger partial charge in [-0.1, -0.05) is 38.0 Å². The van der Waals surface area contributed by atoms with Crippen molar-refractivity contribution >= 4 is 5.91 Å². The van der Waals surface area contributed by atoms with Crippen LogP contribution in [0.3, 0.4) is 0 Å². The average Bonchev–Trinajstić information content (AvgIpc) is 3.36. The number of hydrogen-bond acceptors (Lipinski definition) is 5. The van der Waals surface area contributed by atoms with Gasteiger partial charge in [0.1, 0.15) is 22.9 Å². The third kappa shape index (κ3) is 4.53. The molecule has 2 aromatic carbocycles. The molecule has 1 unspecified atom stereocenters. The number of unbranched alkanes of at least 4 members (excludes halogenated alkanes) is 2. The van der Waals surface area contributed by atoms with Crippen LogP contribution in [-0.2, 0) is 0 Å². The molecule has 3 N–H and O–H groups in total. The van der Waals surface area contributed by atoms with Gasteiger partial charge in [0, 0.05) is 24.3 Å². The fourth-order valence-electron chi connectivity index (χ4n) is 4.68. The lowest BCUT2D eigenvalue weighted by Crippen LogP contribution is -2.31. The second-order valence-corrected chi connectivity index (χ2v) is 8.95. The van der Waals surface area contributed by atoms with Crippen molar-refractivity contribution in [2.45, 2.75) is 52.5 Å². The number of carbonyl (C=O) groups excluding carboxylic acids is 1. The number of aryl methyl sites for hydroxylation is 2. The van der Waals surface area contributed by atoms with E-state index in [1.807, 2.05) is 50.2 Å². The lowest BCUT2D eigenvalue weighted by Gasteiger charge is -2.26.